The topological polar surface area (TPSA) is 63.2 Å². The Bertz CT molecular complexity index is 1260. The fraction of sp³-hybridized carbons (Fsp3) is 0.360. The summed E-state index contributed by atoms with van der Waals surface area (Å²) in [7, 11) is -3.27. The lowest BCUT2D eigenvalue weighted by Gasteiger charge is -2.27. The minimum atomic E-state index is -3.27. The van der Waals surface area contributed by atoms with Gasteiger partial charge in [-0.25, -0.2) is 31.6 Å². The summed E-state index contributed by atoms with van der Waals surface area (Å²) in [6.45, 7) is 1.47. The van der Waals surface area contributed by atoms with Crippen molar-refractivity contribution in [3.63, 3.8) is 0 Å². The van der Waals surface area contributed by atoms with Gasteiger partial charge in [0.05, 0.1) is 16.6 Å². The second-order valence-corrected chi connectivity index (χ2v) is 10.8. The molecule has 2 heterocycles. The van der Waals surface area contributed by atoms with Crippen LogP contribution in [-0.2, 0) is 28.6 Å². The predicted octanol–water partition coefficient (Wildman–Crippen LogP) is 5.26. The molecule has 1 saturated heterocycles. The lowest BCUT2D eigenvalue weighted by atomic mass is 10.0. The summed E-state index contributed by atoms with van der Waals surface area (Å²) in [5, 5.41) is 0. The Morgan fingerprint density at radius 1 is 1.03 bits per heavy atom. The smallest absolute Gasteiger partial charge is 0.270 e. The van der Waals surface area contributed by atoms with Gasteiger partial charge in [0.25, 0.3) is 5.92 Å². The van der Waals surface area contributed by atoms with Gasteiger partial charge >= 0.3 is 0 Å². The second kappa shape index (κ2) is 9.37. The number of anilines is 1. The first-order valence-corrected chi connectivity index (χ1v) is 13.0. The van der Waals surface area contributed by atoms with Crippen molar-refractivity contribution in [1.29, 1.82) is 0 Å². The predicted molar refractivity (Wildman–Crippen MR) is 124 cm³/mol. The summed E-state index contributed by atoms with van der Waals surface area (Å²) in [6, 6.07) is 12.6. The number of alkyl halides is 2. The highest BCUT2D eigenvalue weighted by molar-refractivity contribution is 7.90. The summed E-state index contributed by atoms with van der Waals surface area (Å²) in [5.41, 5.74) is 1.94. The van der Waals surface area contributed by atoms with Gasteiger partial charge in [-0.15, -0.1) is 0 Å². The Hall–Kier alpha value is -2.94. The molecule has 180 valence electrons. The summed E-state index contributed by atoms with van der Waals surface area (Å²) < 4.78 is 65.8. The van der Waals surface area contributed by atoms with Crippen LogP contribution in [-0.4, -0.2) is 31.2 Å². The highest BCUT2D eigenvalue weighted by Crippen LogP contribution is 2.37. The summed E-state index contributed by atoms with van der Waals surface area (Å²) in [6.07, 6.45) is 4.93. The molecule has 1 aromatic heterocycles. The molecule has 3 aromatic rings. The fourth-order valence-corrected chi connectivity index (χ4v) is 4.93. The van der Waals surface area contributed by atoms with Crippen LogP contribution in [0.2, 0.25) is 0 Å². The molecule has 1 unspecified atom stereocenters. The van der Waals surface area contributed by atoms with Crippen molar-refractivity contribution in [2.75, 3.05) is 17.7 Å². The van der Waals surface area contributed by atoms with Gasteiger partial charge in [-0.2, -0.15) is 0 Å². The maximum atomic E-state index is 15.4. The number of aryl methyl sites for hydroxylation is 2. The maximum Gasteiger partial charge on any atom is 0.270 e. The van der Waals surface area contributed by atoms with Gasteiger partial charge < -0.3 is 4.90 Å². The van der Waals surface area contributed by atoms with Crippen LogP contribution < -0.4 is 4.90 Å². The van der Waals surface area contributed by atoms with Crippen LogP contribution in [0.3, 0.4) is 0 Å². The highest BCUT2D eigenvalue weighted by atomic mass is 32.2. The molecule has 1 fully saturated rings. The van der Waals surface area contributed by atoms with Crippen molar-refractivity contribution < 1.29 is 21.6 Å². The van der Waals surface area contributed by atoms with Crippen LogP contribution in [0.5, 0.6) is 0 Å². The van der Waals surface area contributed by atoms with Crippen LogP contribution in [0.25, 0.3) is 0 Å². The monoisotopic (exact) mass is 489 g/mol. The number of benzene rings is 2. The largest absolute Gasteiger partial charge is 0.347 e. The molecule has 4 rings (SSSR count). The van der Waals surface area contributed by atoms with E-state index in [9.17, 15) is 17.2 Å². The van der Waals surface area contributed by atoms with Crippen molar-refractivity contribution in [2.24, 2.45) is 0 Å². The molecular formula is C25H26F3N3O2S. The van der Waals surface area contributed by atoms with Gasteiger partial charge in [-0.05, 0) is 48.9 Å². The number of aromatic nitrogens is 2. The van der Waals surface area contributed by atoms with Gasteiger partial charge in [0.15, 0.2) is 21.5 Å². The van der Waals surface area contributed by atoms with Gasteiger partial charge in [0.2, 0.25) is 0 Å². The average molecular weight is 490 g/mol. The van der Waals surface area contributed by atoms with Crippen molar-refractivity contribution in [1.82, 2.24) is 9.97 Å². The Kier molecular flexibility index (Phi) is 6.66. The highest BCUT2D eigenvalue weighted by Gasteiger charge is 2.31. The van der Waals surface area contributed by atoms with Crippen molar-refractivity contribution in [3.8, 4) is 0 Å². The van der Waals surface area contributed by atoms with Crippen LogP contribution in [0.1, 0.15) is 48.2 Å². The van der Waals surface area contributed by atoms with E-state index >= 15 is 4.39 Å². The van der Waals surface area contributed by atoms with E-state index in [0.29, 0.717) is 19.4 Å². The zero-order chi connectivity index (χ0) is 24.5. The third kappa shape index (κ3) is 5.24. The second-order valence-electron chi connectivity index (χ2n) is 8.74. The molecule has 0 radical (unpaired) electrons. The summed E-state index contributed by atoms with van der Waals surface area (Å²) in [4.78, 5) is 10.4. The van der Waals surface area contributed by atoms with Crippen LogP contribution >= 0.6 is 0 Å². The number of rotatable bonds is 7. The van der Waals surface area contributed by atoms with Crippen molar-refractivity contribution in [2.45, 2.75) is 49.5 Å². The van der Waals surface area contributed by atoms with Crippen LogP contribution in [0.15, 0.2) is 59.8 Å². The fourth-order valence-electron chi connectivity index (χ4n) is 4.30. The Morgan fingerprint density at radius 3 is 2.32 bits per heavy atom. The summed E-state index contributed by atoms with van der Waals surface area (Å²) in [5.74, 6) is -3.18. The van der Waals surface area contributed by atoms with E-state index in [-0.39, 0.29) is 28.0 Å². The first kappa shape index (κ1) is 24.2. The molecule has 1 aliphatic rings. The zero-order valence-corrected chi connectivity index (χ0v) is 19.8. The molecule has 0 N–H and O–H groups in total. The van der Waals surface area contributed by atoms with E-state index in [1.807, 2.05) is 4.90 Å². The molecule has 0 amide bonds. The van der Waals surface area contributed by atoms with E-state index < -0.39 is 21.6 Å². The Labute approximate surface area is 197 Å². The SMILES string of the molecule is CC(F)(F)c1ccc(C2CCCN2c2ncnc(CCc3ccc(S(C)(=O)=O)cc3)c2F)cc1. The van der Waals surface area contributed by atoms with Gasteiger partial charge in [-0.3, -0.25) is 0 Å². The Morgan fingerprint density at radius 2 is 1.71 bits per heavy atom. The molecule has 34 heavy (non-hydrogen) atoms. The molecule has 9 heteroatoms. The molecular weight excluding hydrogens is 463 g/mol. The minimum absolute atomic E-state index is 0.0548. The van der Waals surface area contributed by atoms with Crippen LogP contribution in [0.4, 0.5) is 19.0 Å². The number of sulfone groups is 1. The lowest BCUT2D eigenvalue weighted by Crippen LogP contribution is -2.25. The van der Waals surface area contributed by atoms with Gasteiger partial charge in [0.1, 0.15) is 6.33 Å². The van der Waals surface area contributed by atoms with Gasteiger partial charge in [-0.1, -0.05) is 36.4 Å². The first-order chi connectivity index (χ1) is 16.0. The third-order valence-electron chi connectivity index (χ3n) is 6.17. The van der Waals surface area contributed by atoms with E-state index in [0.717, 1.165) is 37.1 Å². The molecule has 0 aliphatic carbocycles. The molecule has 1 aliphatic heterocycles. The molecule has 2 aromatic carbocycles. The first-order valence-electron chi connectivity index (χ1n) is 11.1. The molecule has 0 spiro atoms. The van der Waals surface area contributed by atoms with E-state index in [1.54, 1.807) is 36.4 Å². The lowest BCUT2D eigenvalue weighted by molar-refractivity contribution is 0.0174. The number of nitrogens with zero attached hydrogens (tertiary/aromatic N) is 3. The van der Waals surface area contributed by atoms with E-state index in [1.165, 1.54) is 18.5 Å². The number of halogens is 3. The molecule has 5 nitrogen and oxygen atoms in total. The maximum absolute atomic E-state index is 15.4. The van der Waals surface area contributed by atoms with E-state index in [4.69, 9.17) is 0 Å². The summed E-state index contributed by atoms with van der Waals surface area (Å²) >= 11 is 0. The standard InChI is InChI=1S/C25H26F3N3O2S/c1-25(27,28)19-10-8-18(9-11-19)22-4-3-15-31(22)24-23(26)21(29-16-30-24)14-7-17-5-12-20(13-6-17)34(2,32)33/h5-6,8-13,16,22H,3-4,7,14-15H2,1-2H3. The van der Waals surface area contributed by atoms with Crippen molar-refractivity contribution >= 4 is 15.7 Å². The van der Waals surface area contributed by atoms with Crippen molar-refractivity contribution in [3.05, 3.63) is 83.1 Å². The number of hydrogen-bond acceptors (Lipinski definition) is 5. The molecule has 1 atom stereocenters. The van der Waals surface area contributed by atoms with Crippen LogP contribution in [0, 0.1) is 5.82 Å². The normalized spacial score (nSPS) is 16.7. The average Bonchev–Trinajstić information content (AvgIpc) is 3.27. The quantitative estimate of drug-likeness (QED) is 0.453. The molecule has 0 saturated carbocycles. The molecule has 0 bridgehead atoms. The zero-order valence-electron chi connectivity index (χ0n) is 19.0. The number of hydrogen-bond donors (Lipinski definition) is 0. The minimum Gasteiger partial charge on any atom is -0.347 e. The van der Waals surface area contributed by atoms with Gasteiger partial charge in [0, 0.05) is 25.3 Å². The third-order valence-corrected chi connectivity index (χ3v) is 7.30. The van der Waals surface area contributed by atoms with E-state index in [2.05, 4.69) is 9.97 Å². The Balaban J connectivity index is 1.51.